The first kappa shape index (κ1) is 27.8. The van der Waals surface area contributed by atoms with Crippen molar-refractivity contribution < 1.29 is 26.8 Å². The number of hydrazine groups is 1. The van der Waals surface area contributed by atoms with E-state index in [1.165, 1.54) is 5.01 Å². The Hall–Kier alpha value is -2.79. The van der Waals surface area contributed by atoms with Gasteiger partial charge in [0.05, 0.1) is 16.5 Å². The molecule has 36 heavy (non-hydrogen) atoms. The van der Waals surface area contributed by atoms with E-state index in [1.807, 2.05) is 30.3 Å². The van der Waals surface area contributed by atoms with Crippen LogP contribution in [-0.4, -0.2) is 35.9 Å². The normalized spacial score (nSPS) is 19.3. The lowest BCUT2D eigenvalue weighted by Gasteiger charge is -2.46. The molecule has 0 aromatic heterocycles. The van der Waals surface area contributed by atoms with Crippen LogP contribution in [0.2, 0.25) is 5.02 Å². The van der Waals surface area contributed by atoms with Crippen molar-refractivity contribution in [2.45, 2.75) is 29.5 Å². The number of alkyl halides is 3. The lowest BCUT2D eigenvalue weighted by atomic mass is 9.83. The standard InChI is InChI=1S/C24H21ClF3N3O3S.ClH/c25-20-10-6-18(7-11-20)23-22(17-4-2-1-3-5-17)14-15-30(16-29-32)31(23)35(33,34)21-12-8-19(9-13-21)24(26,27)28;/h1-13,16,22-23,32H,14-15H2;1H. The Bertz CT molecular complexity index is 1290. The molecule has 4 rings (SSSR count). The Labute approximate surface area is 218 Å². The molecular weight excluding hydrogens is 538 g/mol. The summed E-state index contributed by atoms with van der Waals surface area (Å²) in [6.45, 7) is 0.188. The zero-order valence-corrected chi connectivity index (χ0v) is 21.0. The highest BCUT2D eigenvalue weighted by Crippen LogP contribution is 2.45. The number of hydrogen-bond donors (Lipinski definition) is 1. The molecule has 12 heteroatoms. The van der Waals surface area contributed by atoms with Crippen LogP contribution >= 0.6 is 24.0 Å². The third-order valence-electron chi connectivity index (χ3n) is 5.89. The molecule has 1 N–H and O–H groups in total. The lowest BCUT2D eigenvalue weighted by Crippen LogP contribution is -2.53. The number of rotatable bonds is 5. The first-order chi connectivity index (χ1) is 16.6. The number of sulfonamides is 1. The molecule has 0 radical (unpaired) electrons. The smallest absolute Gasteiger partial charge is 0.410 e. The van der Waals surface area contributed by atoms with E-state index in [0.717, 1.165) is 40.6 Å². The van der Waals surface area contributed by atoms with Gasteiger partial charge >= 0.3 is 6.18 Å². The van der Waals surface area contributed by atoms with Crippen molar-refractivity contribution >= 4 is 40.4 Å². The van der Waals surface area contributed by atoms with Gasteiger partial charge < -0.3 is 5.21 Å². The molecule has 3 aromatic rings. The van der Waals surface area contributed by atoms with Gasteiger partial charge in [-0.3, -0.25) is 5.01 Å². The minimum absolute atomic E-state index is 0. The maximum atomic E-state index is 13.9. The van der Waals surface area contributed by atoms with Crippen LogP contribution in [0.4, 0.5) is 13.2 Å². The van der Waals surface area contributed by atoms with E-state index in [9.17, 15) is 26.8 Å². The minimum Gasteiger partial charge on any atom is -0.410 e. The molecule has 192 valence electrons. The van der Waals surface area contributed by atoms with Crippen molar-refractivity contribution in [1.82, 2.24) is 9.42 Å². The lowest BCUT2D eigenvalue weighted by molar-refractivity contribution is -0.137. The van der Waals surface area contributed by atoms with Gasteiger partial charge in [-0.1, -0.05) is 59.2 Å². The summed E-state index contributed by atoms with van der Waals surface area (Å²) < 4.78 is 68.1. The third kappa shape index (κ3) is 5.62. The van der Waals surface area contributed by atoms with E-state index < -0.39 is 27.8 Å². The molecule has 1 saturated heterocycles. The highest BCUT2D eigenvalue weighted by Gasteiger charge is 2.45. The molecular formula is C24H22Cl2F3N3O3S. The maximum absolute atomic E-state index is 13.9. The van der Waals surface area contributed by atoms with Gasteiger partial charge in [0.2, 0.25) is 0 Å². The van der Waals surface area contributed by atoms with Crippen LogP contribution in [0.1, 0.15) is 35.1 Å². The van der Waals surface area contributed by atoms with Crippen LogP contribution in [0, 0.1) is 0 Å². The molecule has 2 atom stereocenters. The number of benzene rings is 3. The Morgan fingerprint density at radius 3 is 2.11 bits per heavy atom. The average Bonchev–Trinajstić information content (AvgIpc) is 2.84. The molecule has 6 nitrogen and oxygen atoms in total. The Kier molecular flexibility index (Phi) is 8.55. The molecule has 1 aliphatic heterocycles. The van der Waals surface area contributed by atoms with Crippen LogP contribution in [0.15, 0.2) is 88.9 Å². The summed E-state index contributed by atoms with van der Waals surface area (Å²) in [5.74, 6) is -0.301. The average molecular weight is 560 g/mol. The van der Waals surface area contributed by atoms with Gasteiger partial charge in [-0.15, -0.1) is 16.8 Å². The summed E-state index contributed by atoms with van der Waals surface area (Å²) in [6, 6.07) is 18.6. The first-order valence-electron chi connectivity index (χ1n) is 10.6. The van der Waals surface area contributed by atoms with E-state index >= 15 is 0 Å². The highest BCUT2D eigenvalue weighted by molar-refractivity contribution is 7.89. The van der Waals surface area contributed by atoms with Gasteiger partial charge in [-0.05, 0) is 53.9 Å². The van der Waals surface area contributed by atoms with Gasteiger partial charge in [0.15, 0.2) is 0 Å². The van der Waals surface area contributed by atoms with Crippen molar-refractivity contribution in [3.05, 3.63) is 101 Å². The van der Waals surface area contributed by atoms with Crippen molar-refractivity contribution in [3.63, 3.8) is 0 Å². The summed E-state index contributed by atoms with van der Waals surface area (Å²) in [5, 5.41) is 14.0. The van der Waals surface area contributed by atoms with E-state index in [1.54, 1.807) is 24.3 Å². The number of oxime groups is 1. The molecule has 0 bridgehead atoms. The molecule has 0 spiro atoms. The zero-order chi connectivity index (χ0) is 25.2. The summed E-state index contributed by atoms with van der Waals surface area (Å²) in [5.41, 5.74) is 0.552. The van der Waals surface area contributed by atoms with Gasteiger partial charge in [0, 0.05) is 17.5 Å². The van der Waals surface area contributed by atoms with E-state index in [4.69, 9.17) is 11.6 Å². The van der Waals surface area contributed by atoms with E-state index in [-0.39, 0.29) is 29.8 Å². The minimum atomic E-state index is -4.60. The fourth-order valence-corrected chi connectivity index (χ4v) is 6.08. The molecule has 0 saturated carbocycles. The van der Waals surface area contributed by atoms with Crippen LogP contribution < -0.4 is 0 Å². The fraction of sp³-hybridized carbons (Fsp3) is 0.208. The quantitative estimate of drug-likeness (QED) is 0.171. The van der Waals surface area contributed by atoms with Crippen LogP contribution in [-0.2, 0) is 16.2 Å². The van der Waals surface area contributed by atoms with E-state index in [0.29, 0.717) is 17.0 Å². The summed E-state index contributed by atoms with van der Waals surface area (Å²) in [6.07, 6.45) is -3.11. The van der Waals surface area contributed by atoms with Gasteiger partial charge in [-0.25, -0.2) is 8.42 Å². The molecule has 0 aliphatic carbocycles. The molecule has 1 aliphatic rings. The summed E-state index contributed by atoms with van der Waals surface area (Å²) in [7, 11) is -4.39. The van der Waals surface area contributed by atoms with Crippen molar-refractivity contribution in [1.29, 1.82) is 0 Å². The number of nitrogens with zero attached hydrogens (tertiary/aromatic N) is 3. The van der Waals surface area contributed by atoms with Crippen molar-refractivity contribution in [2.75, 3.05) is 6.54 Å². The number of halogens is 5. The predicted octanol–water partition coefficient (Wildman–Crippen LogP) is 6.33. The van der Waals surface area contributed by atoms with Crippen molar-refractivity contribution in [2.24, 2.45) is 5.16 Å². The Morgan fingerprint density at radius 2 is 1.56 bits per heavy atom. The van der Waals surface area contributed by atoms with E-state index in [2.05, 4.69) is 5.16 Å². The predicted molar refractivity (Wildman–Crippen MR) is 133 cm³/mol. The second kappa shape index (κ2) is 11.1. The molecule has 0 amide bonds. The summed E-state index contributed by atoms with van der Waals surface area (Å²) >= 11 is 6.07. The van der Waals surface area contributed by atoms with Crippen LogP contribution in [0.25, 0.3) is 0 Å². The monoisotopic (exact) mass is 559 g/mol. The highest BCUT2D eigenvalue weighted by atomic mass is 35.5. The third-order valence-corrected chi connectivity index (χ3v) is 7.94. The Balaban J connectivity index is 0.00000361. The first-order valence-corrected chi connectivity index (χ1v) is 12.4. The number of hydrogen-bond acceptors (Lipinski definition) is 4. The molecule has 3 aromatic carbocycles. The van der Waals surface area contributed by atoms with Gasteiger partial charge in [-0.2, -0.15) is 13.2 Å². The largest absolute Gasteiger partial charge is 0.416 e. The zero-order valence-electron chi connectivity index (χ0n) is 18.6. The second-order valence-electron chi connectivity index (χ2n) is 8.00. The fourth-order valence-electron chi connectivity index (χ4n) is 4.29. The Morgan fingerprint density at radius 1 is 0.944 bits per heavy atom. The second-order valence-corrected chi connectivity index (χ2v) is 10.2. The van der Waals surface area contributed by atoms with Gasteiger partial charge in [0.1, 0.15) is 6.34 Å². The topological polar surface area (TPSA) is 73.2 Å². The van der Waals surface area contributed by atoms with Crippen LogP contribution in [0.5, 0.6) is 0 Å². The molecule has 2 unspecified atom stereocenters. The SMILES string of the molecule is Cl.O=S(=O)(c1ccc(C(F)(F)F)cc1)N1C(c2ccc(Cl)cc2)C(c2ccccc2)CCN1C=NO. The van der Waals surface area contributed by atoms with Crippen molar-refractivity contribution in [3.8, 4) is 0 Å². The molecule has 1 fully saturated rings. The van der Waals surface area contributed by atoms with Gasteiger partial charge in [0.25, 0.3) is 10.0 Å². The maximum Gasteiger partial charge on any atom is 0.416 e. The van der Waals surface area contributed by atoms with Crippen LogP contribution in [0.3, 0.4) is 0 Å². The molecule has 1 heterocycles. The summed E-state index contributed by atoms with van der Waals surface area (Å²) in [4.78, 5) is -0.325.